The molecule has 0 aliphatic carbocycles. The number of unbranched alkanes of at least 4 members (excludes halogenated alkanes) is 1. The van der Waals surface area contributed by atoms with Crippen LogP contribution in [0.5, 0.6) is 0 Å². The van der Waals surface area contributed by atoms with Gasteiger partial charge in [-0.3, -0.25) is 0 Å². The van der Waals surface area contributed by atoms with E-state index in [1.807, 2.05) is 0 Å². The molecule has 21 heavy (non-hydrogen) atoms. The zero-order valence-electron chi connectivity index (χ0n) is 12.3. The van der Waals surface area contributed by atoms with Gasteiger partial charge in [0, 0.05) is 19.6 Å². The van der Waals surface area contributed by atoms with Crippen LogP contribution in [0.2, 0.25) is 0 Å². The second-order valence-corrected chi connectivity index (χ2v) is 6.98. The number of rotatable bonds is 6. The van der Waals surface area contributed by atoms with Crippen LogP contribution in [0, 0.1) is 0 Å². The van der Waals surface area contributed by atoms with Crippen molar-refractivity contribution < 1.29 is 13.2 Å². The van der Waals surface area contributed by atoms with E-state index in [9.17, 15) is 8.42 Å². The Morgan fingerprint density at radius 1 is 1.33 bits per heavy atom. The summed E-state index contributed by atoms with van der Waals surface area (Å²) in [6.07, 6.45) is 2.14. The van der Waals surface area contributed by atoms with E-state index in [0.717, 1.165) is 25.1 Å². The minimum Gasteiger partial charge on any atom is -0.397 e. The number of nitrogen functional groups attached to an aromatic ring is 1. The van der Waals surface area contributed by atoms with E-state index < -0.39 is 10.0 Å². The third-order valence-electron chi connectivity index (χ3n) is 3.48. The number of nitrogens with two attached hydrogens (primary N) is 1. The van der Waals surface area contributed by atoms with Crippen molar-refractivity contribution >= 4 is 21.4 Å². The van der Waals surface area contributed by atoms with Crippen molar-refractivity contribution in [1.82, 2.24) is 4.31 Å². The maximum atomic E-state index is 12.5. The van der Waals surface area contributed by atoms with Crippen LogP contribution in [0.1, 0.15) is 19.8 Å². The van der Waals surface area contributed by atoms with Crippen LogP contribution in [0.4, 0.5) is 11.4 Å². The third-order valence-corrected chi connectivity index (χ3v) is 5.37. The Morgan fingerprint density at radius 3 is 2.67 bits per heavy atom. The molecular weight excluding hydrogens is 290 g/mol. The fourth-order valence-corrected chi connectivity index (χ4v) is 3.64. The zero-order valence-corrected chi connectivity index (χ0v) is 13.2. The van der Waals surface area contributed by atoms with Gasteiger partial charge in [-0.25, -0.2) is 8.42 Å². The number of hydrogen-bond donors (Lipinski definition) is 2. The van der Waals surface area contributed by atoms with Gasteiger partial charge in [-0.15, -0.1) is 0 Å². The van der Waals surface area contributed by atoms with Gasteiger partial charge in [0.05, 0.1) is 29.5 Å². The highest BCUT2D eigenvalue weighted by Gasteiger charge is 2.26. The van der Waals surface area contributed by atoms with E-state index in [0.29, 0.717) is 32.0 Å². The molecule has 0 saturated carbocycles. The molecule has 0 aromatic heterocycles. The number of anilines is 2. The van der Waals surface area contributed by atoms with Gasteiger partial charge in [0.15, 0.2) is 0 Å². The molecule has 0 bridgehead atoms. The normalized spacial score (nSPS) is 16.8. The molecule has 1 fully saturated rings. The number of sulfonamides is 1. The van der Waals surface area contributed by atoms with Crippen molar-refractivity contribution in [3.63, 3.8) is 0 Å². The van der Waals surface area contributed by atoms with E-state index in [1.54, 1.807) is 12.1 Å². The summed E-state index contributed by atoms with van der Waals surface area (Å²) in [5, 5.41) is 3.22. The standard InChI is InChI=1S/C14H23N3O3S/c1-2-3-6-16-14-5-4-12(11-13(14)15)21(18,19)17-7-9-20-10-8-17/h4-5,11,16H,2-3,6-10,15H2,1H3. The lowest BCUT2D eigenvalue weighted by Crippen LogP contribution is -2.40. The second kappa shape index (κ2) is 7.11. The first kappa shape index (κ1) is 16.1. The first-order chi connectivity index (χ1) is 10.1. The highest BCUT2D eigenvalue weighted by molar-refractivity contribution is 7.89. The molecule has 1 aromatic carbocycles. The van der Waals surface area contributed by atoms with Gasteiger partial charge in [0.1, 0.15) is 0 Å². The van der Waals surface area contributed by atoms with Crippen LogP contribution in [-0.4, -0.2) is 45.6 Å². The summed E-state index contributed by atoms with van der Waals surface area (Å²) in [6.45, 7) is 4.59. The largest absolute Gasteiger partial charge is 0.397 e. The van der Waals surface area contributed by atoms with Gasteiger partial charge in [0.2, 0.25) is 10.0 Å². The molecule has 118 valence electrons. The van der Waals surface area contributed by atoms with E-state index in [4.69, 9.17) is 10.5 Å². The van der Waals surface area contributed by atoms with Crippen molar-refractivity contribution in [3.05, 3.63) is 18.2 Å². The predicted octanol–water partition coefficient (Wildman–Crippen LogP) is 1.50. The Morgan fingerprint density at radius 2 is 2.05 bits per heavy atom. The average Bonchev–Trinajstić information content (AvgIpc) is 2.50. The highest BCUT2D eigenvalue weighted by Crippen LogP contribution is 2.25. The predicted molar refractivity (Wildman–Crippen MR) is 83.8 cm³/mol. The number of nitrogens with one attached hydrogen (secondary N) is 1. The molecule has 1 aromatic rings. The first-order valence-corrected chi connectivity index (χ1v) is 8.71. The molecule has 3 N–H and O–H groups in total. The Kier molecular flexibility index (Phi) is 5.44. The summed E-state index contributed by atoms with van der Waals surface area (Å²) in [5.74, 6) is 0. The number of nitrogens with zero attached hydrogens (tertiary/aromatic N) is 1. The fourth-order valence-electron chi connectivity index (χ4n) is 2.20. The van der Waals surface area contributed by atoms with Gasteiger partial charge in [-0.1, -0.05) is 13.3 Å². The van der Waals surface area contributed by atoms with Crippen LogP contribution in [0.15, 0.2) is 23.1 Å². The van der Waals surface area contributed by atoms with Crippen LogP contribution in [0.3, 0.4) is 0 Å². The molecule has 7 heteroatoms. The van der Waals surface area contributed by atoms with Crippen LogP contribution >= 0.6 is 0 Å². The molecule has 0 radical (unpaired) electrons. The maximum absolute atomic E-state index is 12.5. The van der Waals surface area contributed by atoms with Gasteiger partial charge in [0.25, 0.3) is 0 Å². The van der Waals surface area contributed by atoms with Crippen molar-refractivity contribution in [3.8, 4) is 0 Å². The van der Waals surface area contributed by atoms with Crippen LogP contribution < -0.4 is 11.1 Å². The smallest absolute Gasteiger partial charge is 0.243 e. The summed E-state index contributed by atoms with van der Waals surface area (Å²) < 4.78 is 31.6. The summed E-state index contributed by atoms with van der Waals surface area (Å²) in [6, 6.07) is 4.87. The van der Waals surface area contributed by atoms with E-state index >= 15 is 0 Å². The van der Waals surface area contributed by atoms with Gasteiger partial charge in [-0.2, -0.15) is 4.31 Å². The molecule has 1 saturated heterocycles. The Bertz CT molecular complexity index is 569. The molecule has 1 aliphatic rings. The van der Waals surface area contributed by atoms with Gasteiger partial charge in [-0.05, 0) is 24.6 Å². The van der Waals surface area contributed by atoms with Gasteiger partial charge >= 0.3 is 0 Å². The summed E-state index contributed by atoms with van der Waals surface area (Å²) >= 11 is 0. The van der Waals surface area contributed by atoms with Crippen molar-refractivity contribution in [2.45, 2.75) is 24.7 Å². The Balaban J connectivity index is 2.14. The average molecular weight is 313 g/mol. The lowest BCUT2D eigenvalue weighted by atomic mass is 10.2. The maximum Gasteiger partial charge on any atom is 0.243 e. The summed E-state index contributed by atoms with van der Waals surface area (Å²) in [5.41, 5.74) is 7.20. The Hall–Kier alpha value is -1.31. The van der Waals surface area contributed by atoms with Crippen molar-refractivity contribution in [1.29, 1.82) is 0 Å². The number of morpholine rings is 1. The molecule has 1 aliphatic heterocycles. The van der Waals surface area contributed by atoms with E-state index in [2.05, 4.69) is 12.2 Å². The molecule has 1 heterocycles. The Labute approximate surface area is 126 Å². The minimum absolute atomic E-state index is 0.239. The molecule has 0 atom stereocenters. The molecule has 6 nitrogen and oxygen atoms in total. The number of ether oxygens (including phenoxy) is 1. The first-order valence-electron chi connectivity index (χ1n) is 7.27. The lowest BCUT2D eigenvalue weighted by molar-refractivity contribution is 0.0730. The summed E-state index contributed by atoms with van der Waals surface area (Å²) in [4.78, 5) is 0.239. The quantitative estimate of drug-likeness (QED) is 0.614. The van der Waals surface area contributed by atoms with Crippen LogP contribution in [-0.2, 0) is 14.8 Å². The van der Waals surface area contributed by atoms with E-state index in [1.165, 1.54) is 10.4 Å². The number of benzene rings is 1. The fraction of sp³-hybridized carbons (Fsp3) is 0.571. The molecule has 2 rings (SSSR count). The summed E-state index contributed by atoms with van der Waals surface area (Å²) in [7, 11) is -3.48. The molecule has 0 unspecified atom stereocenters. The highest BCUT2D eigenvalue weighted by atomic mass is 32.2. The third kappa shape index (κ3) is 3.87. The van der Waals surface area contributed by atoms with Gasteiger partial charge < -0.3 is 15.8 Å². The molecule has 0 spiro atoms. The molecule has 0 amide bonds. The minimum atomic E-state index is -3.48. The topological polar surface area (TPSA) is 84.7 Å². The molecular formula is C14H23N3O3S. The zero-order chi connectivity index (χ0) is 15.3. The van der Waals surface area contributed by atoms with E-state index in [-0.39, 0.29) is 4.90 Å². The van der Waals surface area contributed by atoms with Crippen molar-refractivity contribution in [2.24, 2.45) is 0 Å². The van der Waals surface area contributed by atoms with Crippen LogP contribution in [0.25, 0.3) is 0 Å². The van der Waals surface area contributed by atoms with Crippen molar-refractivity contribution in [2.75, 3.05) is 43.9 Å². The second-order valence-electron chi connectivity index (χ2n) is 5.05. The number of hydrogen-bond acceptors (Lipinski definition) is 5. The monoisotopic (exact) mass is 313 g/mol. The lowest BCUT2D eigenvalue weighted by Gasteiger charge is -2.26. The SMILES string of the molecule is CCCCNc1ccc(S(=O)(=O)N2CCOCC2)cc1N.